The Kier molecular flexibility index (Phi) is 3.93. The molecule has 5 nitrogen and oxygen atoms in total. The number of aliphatic hydroxyl groups excluding tert-OH is 1. The number of carbonyl (C=O) groups is 1. The highest BCUT2D eigenvalue weighted by Crippen LogP contribution is 2.26. The van der Waals surface area contributed by atoms with Crippen molar-refractivity contribution in [3.8, 4) is 0 Å². The molecule has 0 fully saturated rings. The smallest absolute Gasteiger partial charge is 0.267 e. The zero-order chi connectivity index (χ0) is 11.4. The Morgan fingerprint density at radius 1 is 1.67 bits per heavy atom. The first kappa shape index (κ1) is 11.8. The highest BCUT2D eigenvalue weighted by Gasteiger charge is 2.10. The fourth-order valence-electron chi connectivity index (χ4n) is 0.911. The lowest BCUT2D eigenvalue weighted by Gasteiger charge is -2.09. The molecule has 1 aromatic heterocycles. The number of thioether (sulfide) groups is 1. The topological polar surface area (TPSA) is 102 Å². The summed E-state index contributed by atoms with van der Waals surface area (Å²) in [5.74, 6) is -0.589. The van der Waals surface area contributed by atoms with Gasteiger partial charge < -0.3 is 16.6 Å². The highest BCUT2D eigenvalue weighted by atomic mass is 32.2. The van der Waals surface area contributed by atoms with E-state index in [-0.39, 0.29) is 17.6 Å². The minimum absolute atomic E-state index is 0.0204. The maximum atomic E-state index is 10.9. The van der Waals surface area contributed by atoms with Gasteiger partial charge in [-0.15, -0.1) is 0 Å². The minimum Gasteiger partial charge on any atom is -0.397 e. The molecule has 0 bridgehead atoms. The number of amides is 1. The number of pyridine rings is 1. The molecule has 0 radical (unpaired) electrons. The third-order valence-corrected chi connectivity index (χ3v) is 2.81. The molecule has 0 saturated carbocycles. The maximum absolute atomic E-state index is 10.9. The van der Waals surface area contributed by atoms with Gasteiger partial charge in [0.25, 0.3) is 5.91 Å². The molecular weight excluding hydrogens is 214 g/mol. The molecule has 1 atom stereocenters. The van der Waals surface area contributed by atoms with E-state index in [9.17, 15) is 4.79 Å². The van der Waals surface area contributed by atoms with Crippen molar-refractivity contribution in [3.63, 3.8) is 0 Å². The van der Waals surface area contributed by atoms with Crippen LogP contribution in [0.4, 0.5) is 5.69 Å². The average Bonchev–Trinajstić information content (AvgIpc) is 2.20. The van der Waals surface area contributed by atoms with E-state index in [1.165, 1.54) is 17.8 Å². The average molecular weight is 227 g/mol. The first-order valence-corrected chi connectivity index (χ1v) is 5.26. The van der Waals surface area contributed by atoms with Crippen LogP contribution >= 0.6 is 11.8 Å². The Bertz CT molecular complexity index is 370. The highest BCUT2D eigenvalue weighted by molar-refractivity contribution is 8.00. The van der Waals surface area contributed by atoms with Crippen molar-refractivity contribution in [1.82, 2.24) is 4.98 Å². The second-order valence-corrected chi connectivity index (χ2v) is 4.49. The molecule has 1 rings (SSSR count). The number of hydrogen-bond donors (Lipinski definition) is 3. The quantitative estimate of drug-likeness (QED) is 0.639. The molecule has 1 amide bonds. The molecule has 0 spiro atoms. The largest absolute Gasteiger partial charge is 0.397 e. The number of primary amides is 1. The van der Waals surface area contributed by atoms with E-state index in [1.807, 2.05) is 6.92 Å². The molecule has 82 valence electrons. The summed E-state index contributed by atoms with van der Waals surface area (Å²) in [4.78, 5) is 14.9. The minimum atomic E-state index is -0.589. The van der Waals surface area contributed by atoms with Crippen LogP contribution in [0.15, 0.2) is 17.2 Å². The summed E-state index contributed by atoms with van der Waals surface area (Å²) < 4.78 is 0. The van der Waals surface area contributed by atoms with Gasteiger partial charge in [-0.05, 0) is 12.1 Å². The van der Waals surface area contributed by atoms with Crippen LogP contribution in [0.1, 0.15) is 17.4 Å². The normalized spacial score (nSPS) is 12.4. The summed E-state index contributed by atoms with van der Waals surface area (Å²) >= 11 is 1.31. The Balaban J connectivity index is 2.95. The zero-order valence-electron chi connectivity index (χ0n) is 8.30. The monoisotopic (exact) mass is 227 g/mol. The van der Waals surface area contributed by atoms with Crippen molar-refractivity contribution in [1.29, 1.82) is 0 Å². The number of hydrogen-bond acceptors (Lipinski definition) is 5. The molecule has 0 aliphatic carbocycles. The van der Waals surface area contributed by atoms with Crippen LogP contribution < -0.4 is 11.5 Å². The summed E-state index contributed by atoms with van der Waals surface area (Å²) in [6.07, 6.45) is 0. The second-order valence-electron chi connectivity index (χ2n) is 3.07. The van der Waals surface area contributed by atoms with Crippen molar-refractivity contribution >= 4 is 23.4 Å². The van der Waals surface area contributed by atoms with Gasteiger partial charge in [0.15, 0.2) is 0 Å². The summed E-state index contributed by atoms with van der Waals surface area (Å²) in [7, 11) is 0. The zero-order valence-corrected chi connectivity index (χ0v) is 9.12. The molecule has 6 heteroatoms. The van der Waals surface area contributed by atoms with E-state index in [0.29, 0.717) is 10.7 Å². The Labute approximate surface area is 91.9 Å². The lowest BCUT2D eigenvalue weighted by molar-refractivity contribution is 0.0995. The fourth-order valence-corrected chi connectivity index (χ4v) is 1.72. The van der Waals surface area contributed by atoms with Gasteiger partial charge in [-0.2, -0.15) is 0 Å². The Morgan fingerprint density at radius 3 is 2.87 bits per heavy atom. The lowest BCUT2D eigenvalue weighted by atomic mass is 10.3. The molecule has 1 heterocycles. The van der Waals surface area contributed by atoms with E-state index in [1.54, 1.807) is 6.07 Å². The van der Waals surface area contributed by atoms with Crippen LogP contribution in [0.3, 0.4) is 0 Å². The first-order chi connectivity index (χ1) is 7.04. The predicted octanol–water partition coefficient (Wildman–Crippen LogP) is 0.236. The SMILES string of the molecule is CC(CO)Sc1nc(C(N)=O)ccc1N. The maximum Gasteiger partial charge on any atom is 0.267 e. The summed E-state index contributed by atoms with van der Waals surface area (Å²) in [5.41, 5.74) is 11.4. The number of aliphatic hydroxyl groups is 1. The van der Waals surface area contributed by atoms with Gasteiger partial charge in [-0.1, -0.05) is 18.7 Å². The third-order valence-electron chi connectivity index (χ3n) is 1.71. The Hall–Kier alpha value is -1.27. The van der Waals surface area contributed by atoms with Gasteiger partial charge in [0, 0.05) is 5.25 Å². The van der Waals surface area contributed by atoms with Crippen molar-refractivity contribution in [2.24, 2.45) is 5.73 Å². The van der Waals surface area contributed by atoms with Crippen molar-refractivity contribution < 1.29 is 9.90 Å². The number of nitrogens with zero attached hydrogens (tertiary/aromatic N) is 1. The number of carbonyl (C=O) groups excluding carboxylic acids is 1. The van der Waals surface area contributed by atoms with E-state index in [2.05, 4.69) is 4.98 Å². The van der Waals surface area contributed by atoms with E-state index < -0.39 is 5.91 Å². The molecule has 1 aromatic rings. The second kappa shape index (κ2) is 4.99. The van der Waals surface area contributed by atoms with Gasteiger partial charge in [-0.25, -0.2) is 4.98 Å². The lowest BCUT2D eigenvalue weighted by Crippen LogP contribution is -2.14. The first-order valence-electron chi connectivity index (χ1n) is 4.38. The summed E-state index contributed by atoms with van der Waals surface area (Å²) in [5, 5.41) is 9.38. The third kappa shape index (κ3) is 3.10. The molecule has 0 saturated heterocycles. The number of nitrogens with two attached hydrogens (primary N) is 2. The van der Waals surface area contributed by atoms with Crippen LogP contribution in [0.2, 0.25) is 0 Å². The van der Waals surface area contributed by atoms with Crippen molar-refractivity contribution in [2.75, 3.05) is 12.3 Å². The molecule has 5 N–H and O–H groups in total. The fraction of sp³-hybridized carbons (Fsp3) is 0.333. The Morgan fingerprint density at radius 2 is 2.33 bits per heavy atom. The van der Waals surface area contributed by atoms with Gasteiger partial charge in [0.1, 0.15) is 10.7 Å². The molecular formula is C9H13N3O2S. The van der Waals surface area contributed by atoms with Gasteiger partial charge >= 0.3 is 0 Å². The number of nitrogen functional groups attached to an aromatic ring is 1. The van der Waals surface area contributed by atoms with Gasteiger partial charge in [0.05, 0.1) is 12.3 Å². The number of aromatic nitrogens is 1. The van der Waals surface area contributed by atoms with Crippen LogP contribution in [-0.4, -0.2) is 27.9 Å². The molecule has 15 heavy (non-hydrogen) atoms. The molecule has 0 aliphatic heterocycles. The van der Waals surface area contributed by atoms with Crippen molar-refractivity contribution in [3.05, 3.63) is 17.8 Å². The van der Waals surface area contributed by atoms with Crippen molar-refractivity contribution in [2.45, 2.75) is 17.2 Å². The molecule has 0 aliphatic rings. The number of rotatable bonds is 4. The summed E-state index contributed by atoms with van der Waals surface area (Å²) in [6.45, 7) is 1.86. The van der Waals surface area contributed by atoms with Crippen LogP contribution in [-0.2, 0) is 0 Å². The molecule has 1 unspecified atom stereocenters. The van der Waals surface area contributed by atoms with Gasteiger partial charge in [0.2, 0.25) is 0 Å². The van der Waals surface area contributed by atoms with Crippen LogP contribution in [0.25, 0.3) is 0 Å². The standard InChI is InChI=1S/C9H13N3O2S/c1-5(4-13)15-9-6(10)2-3-7(12-9)8(11)14/h2-3,5,13H,4,10H2,1H3,(H2,11,14). The van der Waals surface area contributed by atoms with E-state index >= 15 is 0 Å². The van der Waals surface area contributed by atoms with E-state index in [4.69, 9.17) is 16.6 Å². The van der Waals surface area contributed by atoms with Crippen LogP contribution in [0, 0.1) is 0 Å². The predicted molar refractivity (Wildman–Crippen MR) is 59.6 cm³/mol. The van der Waals surface area contributed by atoms with Gasteiger partial charge in [-0.3, -0.25) is 4.79 Å². The van der Waals surface area contributed by atoms with E-state index in [0.717, 1.165) is 0 Å². The summed E-state index contributed by atoms with van der Waals surface area (Å²) in [6, 6.07) is 3.06. The number of anilines is 1. The van der Waals surface area contributed by atoms with Crippen LogP contribution in [0.5, 0.6) is 0 Å². The molecule has 0 aromatic carbocycles.